The van der Waals surface area contributed by atoms with Gasteiger partial charge in [0.15, 0.2) is 0 Å². The molecule has 0 unspecified atom stereocenters. The van der Waals surface area contributed by atoms with Gasteiger partial charge in [-0.3, -0.25) is 0 Å². The van der Waals surface area contributed by atoms with Gasteiger partial charge in [0.2, 0.25) is 0 Å². The maximum Gasteiger partial charge on any atom is 0.335 e. The molecule has 0 heterocycles. The van der Waals surface area contributed by atoms with Crippen molar-refractivity contribution >= 4 is 5.97 Å². The van der Waals surface area contributed by atoms with Crippen molar-refractivity contribution in [3.8, 4) is 23.7 Å². The Balaban J connectivity index is 1.96. The molecule has 0 bridgehead atoms. The van der Waals surface area contributed by atoms with Crippen LogP contribution in [0.15, 0.2) is 24.3 Å². The predicted octanol–water partition coefficient (Wildman–Crippen LogP) is 2.79. The summed E-state index contributed by atoms with van der Waals surface area (Å²) in [6, 6.07) is 6.50. The molecular formula is C16H14O2. The van der Waals surface area contributed by atoms with Crippen molar-refractivity contribution in [2.24, 2.45) is 11.8 Å². The van der Waals surface area contributed by atoms with Crippen LogP contribution in [0.1, 0.15) is 35.7 Å². The van der Waals surface area contributed by atoms with Gasteiger partial charge in [0, 0.05) is 11.5 Å². The van der Waals surface area contributed by atoms with Gasteiger partial charge in [0.25, 0.3) is 0 Å². The Morgan fingerprint density at radius 2 is 2.06 bits per heavy atom. The zero-order valence-electron chi connectivity index (χ0n) is 10.2. The summed E-state index contributed by atoms with van der Waals surface area (Å²) < 4.78 is 0. The lowest BCUT2D eigenvalue weighted by atomic mass is 10.1. The van der Waals surface area contributed by atoms with Crippen LogP contribution in [-0.4, -0.2) is 11.1 Å². The van der Waals surface area contributed by atoms with Gasteiger partial charge in [-0.2, -0.15) is 0 Å². The summed E-state index contributed by atoms with van der Waals surface area (Å²) >= 11 is 0. The molecule has 1 aliphatic rings. The molecule has 1 N–H and O–H groups in total. The van der Waals surface area contributed by atoms with E-state index in [1.807, 2.05) is 0 Å². The van der Waals surface area contributed by atoms with Gasteiger partial charge in [-0.15, -0.1) is 0 Å². The van der Waals surface area contributed by atoms with Crippen LogP contribution in [0, 0.1) is 35.5 Å². The van der Waals surface area contributed by atoms with Gasteiger partial charge in [0.1, 0.15) is 0 Å². The van der Waals surface area contributed by atoms with E-state index < -0.39 is 5.97 Å². The topological polar surface area (TPSA) is 37.3 Å². The minimum Gasteiger partial charge on any atom is -0.478 e. The maximum absolute atomic E-state index is 10.7. The average molecular weight is 238 g/mol. The predicted molar refractivity (Wildman–Crippen MR) is 69.9 cm³/mol. The summed E-state index contributed by atoms with van der Waals surface area (Å²) in [5.74, 6) is 12.1. The minimum absolute atomic E-state index is 0.274. The molecule has 1 aromatic carbocycles. The SMILES string of the molecule is CC[C@@H]1C[C@H]1C#CC#Cc1ccc(C(=O)O)cc1. The van der Waals surface area contributed by atoms with Crippen LogP contribution < -0.4 is 0 Å². The maximum atomic E-state index is 10.7. The lowest BCUT2D eigenvalue weighted by molar-refractivity contribution is 0.0697. The quantitative estimate of drug-likeness (QED) is 0.804. The zero-order valence-corrected chi connectivity index (χ0v) is 10.2. The van der Waals surface area contributed by atoms with Gasteiger partial charge in [0.05, 0.1) is 5.56 Å². The number of hydrogen-bond donors (Lipinski definition) is 1. The third-order valence-corrected chi connectivity index (χ3v) is 3.11. The number of rotatable bonds is 2. The fraction of sp³-hybridized carbons (Fsp3) is 0.312. The van der Waals surface area contributed by atoms with Gasteiger partial charge in [-0.25, -0.2) is 4.79 Å². The van der Waals surface area contributed by atoms with Crippen molar-refractivity contribution in [3.05, 3.63) is 35.4 Å². The Labute approximate surface area is 107 Å². The second-order valence-electron chi connectivity index (χ2n) is 4.41. The highest BCUT2D eigenvalue weighted by atomic mass is 16.4. The van der Waals surface area contributed by atoms with Crippen molar-refractivity contribution in [3.63, 3.8) is 0 Å². The van der Waals surface area contributed by atoms with Gasteiger partial charge < -0.3 is 5.11 Å². The molecule has 0 aliphatic heterocycles. The van der Waals surface area contributed by atoms with E-state index in [-0.39, 0.29) is 5.56 Å². The molecule has 0 amide bonds. The number of carboxylic acids is 1. The van der Waals surface area contributed by atoms with E-state index in [9.17, 15) is 4.79 Å². The summed E-state index contributed by atoms with van der Waals surface area (Å²) in [5.41, 5.74) is 1.06. The molecule has 1 saturated carbocycles. The van der Waals surface area contributed by atoms with Crippen LogP contribution in [0.4, 0.5) is 0 Å². The molecule has 2 heteroatoms. The highest BCUT2D eigenvalue weighted by Crippen LogP contribution is 2.40. The number of benzene rings is 1. The summed E-state index contributed by atoms with van der Waals surface area (Å²) in [4.78, 5) is 10.7. The Kier molecular flexibility index (Phi) is 3.70. The molecule has 2 atom stereocenters. The summed E-state index contributed by atoms with van der Waals surface area (Å²) in [7, 11) is 0. The standard InChI is InChI=1S/C16H14O2/c1-2-13-11-15(13)6-4-3-5-12-7-9-14(10-8-12)16(17)18/h7-10,13,15H,2,11H2,1H3,(H,17,18)/t13-,15-/m1/s1. The first-order valence-corrected chi connectivity index (χ1v) is 6.05. The zero-order chi connectivity index (χ0) is 13.0. The van der Waals surface area contributed by atoms with E-state index in [0.29, 0.717) is 5.92 Å². The van der Waals surface area contributed by atoms with E-state index >= 15 is 0 Å². The first-order chi connectivity index (χ1) is 8.70. The van der Waals surface area contributed by atoms with Crippen molar-refractivity contribution in [1.29, 1.82) is 0 Å². The van der Waals surface area contributed by atoms with Gasteiger partial charge in [-0.1, -0.05) is 25.2 Å². The lowest BCUT2D eigenvalue weighted by Crippen LogP contribution is -1.94. The molecule has 2 nitrogen and oxygen atoms in total. The Hall–Kier alpha value is -2.19. The Morgan fingerprint density at radius 1 is 1.33 bits per heavy atom. The van der Waals surface area contributed by atoms with Crippen LogP contribution in [0.3, 0.4) is 0 Å². The third-order valence-electron chi connectivity index (χ3n) is 3.11. The summed E-state index contributed by atoms with van der Waals surface area (Å²) in [5, 5.41) is 8.75. The molecule has 0 spiro atoms. The number of aromatic carboxylic acids is 1. The van der Waals surface area contributed by atoms with Crippen LogP contribution in [0.25, 0.3) is 0 Å². The van der Waals surface area contributed by atoms with Crippen LogP contribution in [-0.2, 0) is 0 Å². The summed E-state index contributed by atoms with van der Waals surface area (Å²) in [6.07, 6.45) is 2.40. The highest BCUT2D eigenvalue weighted by molar-refractivity contribution is 5.87. The third kappa shape index (κ3) is 3.15. The minimum atomic E-state index is -0.923. The van der Waals surface area contributed by atoms with Crippen LogP contribution >= 0.6 is 0 Å². The Morgan fingerprint density at radius 3 is 2.61 bits per heavy atom. The molecule has 1 fully saturated rings. The van der Waals surface area contributed by atoms with Crippen molar-refractivity contribution in [2.75, 3.05) is 0 Å². The smallest absolute Gasteiger partial charge is 0.335 e. The van der Waals surface area contributed by atoms with Crippen LogP contribution in [0.2, 0.25) is 0 Å². The number of carbonyl (C=O) groups is 1. The fourth-order valence-corrected chi connectivity index (χ4v) is 1.80. The largest absolute Gasteiger partial charge is 0.478 e. The van der Waals surface area contributed by atoms with Gasteiger partial charge >= 0.3 is 5.97 Å². The molecule has 0 saturated heterocycles. The van der Waals surface area contributed by atoms with E-state index in [2.05, 4.69) is 30.6 Å². The molecule has 1 aromatic rings. The number of hydrogen-bond acceptors (Lipinski definition) is 1. The molecule has 0 aromatic heterocycles. The highest BCUT2D eigenvalue weighted by Gasteiger charge is 2.33. The van der Waals surface area contributed by atoms with E-state index in [1.165, 1.54) is 12.8 Å². The molecule has 0 radical (unpaired) electrons. The van der Waals surface area contributed by atoms with E-state index in [4.69, 9.17) is 5.11 Å². The van der Waals surface area contributed by atoms with E-state index in [0.717, 1.165) is 11.5 Å². The van der Waals surface area contributed by atoms with Crippen molar-refractivity contribution < 1.29 is 9.90 Å². The molecule has 1 aliphatic carbocycles. The molecular weight excluding hydrogens is 224 g/mol. The average Bonchev–Trinajstić information content (AvgIpc) is 3.14. The lowest BCUT2D eigenvalue weighted by Gasteiger charge is -1.92. The second kappa shape index (κ2) is 5.43. The monoisotopic (exact) mass is 238 g/mol. The normalized spacial score (nSPS) is 20.1. The Bertz CT molecular complexity index is 561. The summed E-state index contributed by atoms with van der Waals surface area (Å²) in [6.45, 7) is 2.18. The molecule has 18 heavy (non-hydrogen) atoms. The second-order valence-corrected chi connectivity index (χ2v) is 4.41. The van der Waals surface area contributed by atoms with E-state index in [1.54, 1.807) is 24.3 Å². The molecule has 2 rings (SSSR count). The first-order valence-electron chi connectivity index (χ1n) is 6.05. The fourth-order valence-electron chi connectivity index (χ4n) is 1.80. The van der Waals surface area contributed by atoms with Crippen molar-refractivity contribution in [2.45, 2.75) is 19.8 Å². The number of carboxylic acid groups (broad SMARTS) is 1. The first kappa shape index (κ1) is 12.3. The van der Waals surface area contributed by atoms with Gasteiger partial charge in [-0.05, 0) is 48.4 Å². The van der Waals surface area contributed by atoms with Crippen LogP contribution in [0.5, 0.6) is 0 Å². The molecule has 90 valence electrons. The van der Waals surface area contributed by atoms with Crippen molar-refractivity contribution in [1.82, 2.24) is 0 Å².